The predicted octanol–water partition coefficient (Wildman–Crippen LogP) is 2.17. The van der Waals surface area contributed by atoms with Crippen molar-refractivity contribution >= 4 is 23.5 Å². The minimum atomic E-state index is -0.287. The van der Waals surface area contributed by atoms with Crippen LogP contribution in [-0.4, -0.2) is 37.0 Å². The summed E-state index contributed by atoms with van der Waals surface area (Å²) in [6.45, 7) is 2.12. The summed E-state index contributed by atoms with van der Waals surface area (Å²) in [5.41, 5.74) is 0.618. The minimum Gasteiger partial charge on any atom is -0.497 e. The van der Waals surface area contributed by atoms with Gasteiger partial charge < -0.3 is 9.47 Å². The molecular formula is C13H16O4S. The normalized spacial score (nSPS) is 9.89. The summed E-state index contributed by atoms with van der Waals surface area (Å²) < 4.78 is 9.78. The van der Waals surface area contributed by atoms with E-state index in [0.717, 1.165) is 0 Å². The first kappa shape index (κ1) is 14.6. The van der Waals surface area contributed by atoms with Crippen molar-refractivity contribution in [2.75, 3.05) is 25.2 Å². The van der Waals surface area contributed by atoms with Crippen LogP contribution in [0.1, 0.15) is 17.3 Å². The number of rotatable bonds is 7. The molecule has 0 fully saturated rings. The van der Waals surface area contributed by atoms with E-state index in [2.05, 4.69) is 0 Å². The standard InChI is InChI=1S/C13H16O4S/c1-3-17-13(15)9-18-8-12(14)10-4-6-11(16-2)7-5-10/h4-7H,3,8-9H2,1-2H3. The Morgan fingerprint density at radius 3 is 2.39 bits per heavy atom. The van der Waals surface area contributed by atoms with Crippen molar-refractivity contribution in [2.45, 2.75) is 6.92 Å². The van der Waals surface area contributed by atoms with Crippen molar-refractivity contribution in [3.63, 3.8) is 0 Å². The quantitative estimate of drug-likeness (QED) is 0.560. The number of thioether (sulfide) groups is 1. The van der Waals surface area contributed by atoms with Gasteiger partial charge in [0.15, 0.2) is 5.78 Å². The Hall–Kier alpha value is -1.49. The molecular weight excluding hydrogens is 252 g/mol. The molecule has 0 spiro atoms. The highest BCUT2D eigenvalue weighted by Crippen LogP contribution is 2.13. The second kappa shape index (κ2) is 7.76. The molecule has 18 heavy (non-hydrogen) atoms. The molecule has 0 heterocycles. The molecule has 0 aromatic heterocycles. The molecule has 1 aromatic rings. The van der Waals surface area contributed by atoms with E-state index < -0.39 is 0 Å². The van der Waals surface area contributed by atoms with Crippen LogP contribution in [0, 0.1) is 0 Å². The molecule has 0 N–H and O–H groups in total. The third-order valence-corrected chi connectivity index (χ3v) is 3.08. The zero-order chi connectivity index (χ0) is 13.4. The van der Waals surface area contributed by atoms with Crippen LogP contribution < -0.4 is 4.74 Å². The average Bonchev–Trinajstić information content (AvgIpc) is 2.39. The van der Waals surface area contributed by atoms with E-state index in [1.807, 2.05) is 0 Å². The topological polar surface area (TPSA) is 52.6 Å². The molecule has 1 aromatic carbocycles. The molecule has 0 bridgehead atoms. The van der Waals surface area contributed by atoms with Crippen LogP contribution in [0.3, 0.4) is 0 Å². The van der Waals surface area contributed by atoms with Gasteiger partial charge in [0.25, 0.3) is 0 Å². The zero-order valence-electron chi connectivity index (χ0n) is 10.5. The van der Waals surface area contributed by atoms with Gasteiger partial charge in [-0.05, 0) is 31.2 Å². The lowest BCUT2D eigenvalue weighted by atomic mass is 10.1. The van der Waals surface area contributed by atoms with E-state index in [1.165, 1.54) is 11.8 Å². The van der Waals surface area contributed by atoms with Crippen LogP contribution in [0.15, 0.2) is 24.3 Å². The van der Waals surface area contributed by atoms with E-state index in [-0.39, 0.29) is 23.3 Å². The van der Waals surface area contributed by atoms with E-state index in [4.69, 9.17) is 9.47 Å². The molecule has 0 aliphatic carbocycles. The predicted molar refractivity (Wildman–Crippen MR) is 71.3 cm³/mol. The van der Waals surface area contributed by atoms with Gasteiger partial charge in [-0.1, -0.05) is 0 Å². The first-order valence-corrected chi connectivity index (χ1v) is 6.73. The summed E-state index contributed by atoms with van der Waals surface area (Å²) in [4.78, 5) is 22.8. The summed E-state index contributed by atoms with van der Waals surface area (Å²) in [6, 6.07) is 6.91. The summed E-state index contributed by atoms with van der Waals surface area (Å²) >= 11 is 1.26. The molecule has 4 nitrogen and oxygen atoms in total. The molecule has 0 amide bonds. The maximum atomic E-state index is 11.8. The Morgan fingerprint density at radius 1 is 1.17 bits per heavy atom. The summed E-state index contributed by atoms with van der Waals surface area (Å²) in [7, 11) is 1.58. The Kier molecular flexibility index (Phi) is 6.28. The molecule has 98 valence electrons. The van der Waals surface area contributed by atoms with Crippen LogP contribution in [0.2, 0.25) is 0 Å². The van der Waals surface area contributed by atoms with Crippen molar-refractivity contribution < 1.29 is 19.1 Å². The fourth-order valence-electron chi connectivity index (χ4n) is 1.29. The number of carbonyl (C=O) groups excluding carboxylic acids is 2. The molecule has 0 aliphatic rings. The Labute approximate surface area is 111 Å². The number of hydrogen-bond acceptors (Lipinski definition) is 5. The Balaban J connectivity index is 2.38. The number of methoxy groups -OCH3 is 1. The highest BCUT2D eigenvalue weighted by atomic mass is 32.2. The van der Waals surface area contributed by atoms with Gasteiger partial charge in [0.2, 0.25) is 0 Å². The third-order valence-electron chi connectivity index (χ3n) is 2.17. The number of ketones is 1. The van der Waals surface area contributed by atoms with Gasteiger partial charge in [-0.3, -0.25) is 9.59 Å². The maximum Gasteiger partial charge on any atom is 0.315 e. The van der Waals surface area contributed by atoms with Crippen LogP contribution in [-0.2, 0) is 9.53 Å². The summed E-state index contributed by atoms with van der Waals surface area (Å²) in [6.07, 6.45) is 0. The lowest BCUT2D eigenvalue weighted by Gasteiger charge is -2.03. The number of benzene rings is 1. The molecule has 0 aliphatic heterocycles. The monoisotopic (exact) mass is 268 g/mol. The summed E-state index contributed by atoms with van der Waals surface area (Å²) in [5, 5.41) is 0. The molecule has 0 saturated heterocycles. The summed E-state index contributed by atoms with van der Waals surface area (Å²) in [5.74, 6) is 0.892. The van der Waals surface area contributed by atoms with Gasteiger partial charge in [0, 0.05) is 5.56 Å². The van der Waals surface area contributed by atoms with Gasteiger partial charge in [-0.15, -0.1) is 11.8 Å². The molecule has 0 atom stereocenters. The van der Waals surface area contributed by atoms with Crippen LogP contribution in [0.25, 0.3) is 0 Å². The van der Waals surface area contributed by atoms with Gasteiger partial charge in [0.1, 0.15) is 5.75 Å². The van der Waals surface area contributed by atoms with E-state index in [1.54, 1.807) is 38.3 Å². The largest absolute Gasteiger partial charge is 0.497 e. The Morgan fingerprint density at radius 2 is 1.83 bits per heavy atom. The van der Waals surface area contributed by atoms with Crippen molar-refractivity contribution in [3.05, 3.63) is 29.8 Å². The van der Waals surface area contributed by atoms with Crippen LogP contribution in [0.4, 0.5) is 0 Å². The molecule has 1 rings (SSSR count). The lowest BCUT2D eigenvalue weighted by Crippen LogP contribution is -2.10. The van der Waals surface area contributed by atoms with Crippen LogP contribution in [0.5, 0.6) is 5.75 Å². The number of Topliss-reactive ketones (excluding diaryl/α,β-unsaturated/α-hetero) is 1. The average molecular weight is 268 g/mol. The van der Waals surface area contributed by atoms with Crippen molar-refractivity contribution in [1.29, 1.82) is 0 Å². The van der Waals surface area contributed by atoms with Gasteiger partial charge in [-0.2, -0.15) is 0 Å². The van der Waals surface area contributed by atoms with Crippen LogP contribution >= 0.6 is 11.8 Å². The first-order valence-electron chi connectivity index (χ1n) is 5.58. The first-order chi connectivity index (χ1) is 8.67. The van der Waals surface area contributed by atoms with E-state index >= 15 is 0 Å². The third kappa shape index (κ3) is 4.79. The number of carbonyl (C=O) groups is 2. The fraction of sp³-hybridized carbons (Fsp3) is 0.385. The van der Waals surface area contributed by atoms with Gasteiger partial charge in [-0.25, -0.2) is 0 Å². The smallest absolute Gasteiger partial charge is 0.315 e. The van der Waals surface area contributed by atoms with Gasteiger partial charge in [0.05, 0.1) is 25.2 Å². The highest BCUT2D eigenvalue weighted by Gasteiger charge is 2.08. The number of ether oxygens (including phenoxy) is 2. The SMILES string of the molecule is CCOC(=O)CSCC(=O)c1ccc(OC)cc1. The number of esters is 1. The zero-order valence-corrected chi connectivity index (χ0v) is 11.3. The van der Waals surface area contributed by atoms with E-state index in [9.17, 15) is 9.59 Å². The lowest BCUT2D eigenvalue weighted by molar-refractivity contribution is -0.139. The second-order valence-corrected chi connectivity index (χ2v) is 4.44. The van der Waals surface area contributed by atoms with Crippen molar-refractivity contribution in [3.8, 4) is 5.75 Å². The molecule has 0 unspecified atom stereocenters. The minimum absolute atomic E-state index is 0.00745. The number of hydrogen-bond donors (Lipinski definition) is 0. The van der Waals surface area contributed by atoms with Gasteiger partial charge >= 0.3 is 5.97 Å². The molecule has 0 radical (unpaired) electrons. The molecule has 5 heteroatoms. The van der Waals surface area contributed by atoms with E-state index in [0.29, 0.717) is 17.9 Å². The second-order valence-electron chi connectivity index (χ2n) is 3.45. The molecule has 0 saturated carbocycles. The van der Waals surface area contributed by atoms with Crippen molar-refractivity contribution in [2.24, 2.45) is 0 Å². The highest BCUT2D eigenvalue weighted by molar-refractivity contribution is 8.00. The maximum absolute atomic E-state index is 11.8. The Bertz CT molecular complexity index is 400. The fourth-order valence-corrected chi connectivity index (χ4v) is 1.99. The van der Waals surface area contributed by atoms with Crippen molar-refractivity contribution in [1.82, 2.24) is 0 Å².